The molecule has 45 heavy (non-hydrogen) atoms. The number of para-hydroxylation sites is 1. The molecular formula is C32H32Cl2N4O6S. The number of unbranched alkanes of at least 4 members (excludes halogenated alkanes) is 2. The van der Waals surface area contributed by atoms with Crippen LogP contribution in [-0.4, -0.2) is 60.1 Å². The number of rotatable bonds is 10. The summed E-state index contributed by atoms with van der Waals surface area (Å²) < 4.78 is 34.7. The third kappa shape index (κ3) is 7.22. The van der Waals surface area contributed by atoms with E-state index >= 15 is 0 Å². The SMILES string of the molecule is CCCCCc1ccc(C(=O)N2CCN(S(=O)(=O)c3cccc4cccnc34)C(C(=O)NCc3ccc(Cl)cc3Cl)C2)c(=O)o1. The van der Waals surface area contributed by atoms with E-state index in [0.29, 0.717) is 33.2 Å². The number of sulfonamides is 1. The van der Waals surface area contributed by atoms with Gasteiger partial charge in [0.15, 0.2) is 0 Å². The second kappa shape index (κ2) is 14.1. The number of nitrogens with one attached hydrogen (secondary N) is 1. The van der Waals surface area contributed by atoms with E-state index in [4.69, 9.17) is 27.6 Å². The molecule has 236 valence electrons. The van der Waals surface area contributed by atoms with Crippen LogP contribution in [0.1, 0.15) is 47.9 Å². The van der Waals surface area contributed by atoms with Gasteiger partial charge in [-0.25, -0.2) is 13.2 Å². The summed E-state index contributed by atoms with van der Waals surface area (Å²) in [6.45, 7) is 1.51. The van der Waals surface area contributed by atoms with Gasteiger partial charge < -0.3 is 14.6 Å². The molecule has 13 heteroatoms. The molecule has 3 heterocycles. The lowest BCUT2D eigenvalue weighted by atomic mass is 10.1. The first-order valence-corrected chi connectivity index (χ1v) is 16.8. The number of fused-ring (bicyclic) bond motifs is 1. The molecule has 2 aromatic heterocycles. The second-order valence-electron chi connectivity index (χ2n) is 10.7. The predicted molar refractivity (Wildman–Crippen MR) is 172 cm³/mol. The molecule has 0 radical (unpaired) electrons. The summed E-state index contributed by atoms with van der Waals surface area (Å²) in [4.78, 5) is 45.6. The highest BCUT2D eigenvalue weighted by atomic mass is 35.5. The number of benzene rings is 2. The van der Waals surface area contributed by atoms with E-state index in [1.54, 1.807) is 42.5 Å². The van der Waals surface area contributed by atoms with E-state index in [9.17, 15) is 22.8 Å². The zero-order chi connectivity index (χ0) is 32.1. The normalized spacial score (nSPS) is 15.7. The van der Waals surface area contributed by atoms with Crippen LogP contribution in [0.3, 0.4) is 0 Å². The lowest BCUT2D eigenvalue weighted by Gasteiger charge is -2.39. The molecule has 5 rings (SSSR count). The second-order valence-corrected chi connectivity index (χ2v) is 13.4. The van der Waals surface area contributed by atoms with Crippen molar-refractivity contribution in [1.29, 1.82) is 0 Å². The maximum Gasteiger partial charge on any atom is 0.348 e. The highest BCUT2D eigenvalue weighted by Gasteiger charge is 2.42. The Bertz CT molecular complexity index is 1890. The first-order chi connectivity index (χ1) is 21.6. The molecule has 0 aliphatic carbocycles. The lowest BCUT2D eigenvalue weighted by molar-refractivity contribution is -0.126. The molecular weight excluding hydrogens is 639 g/mol. The number of pyridine rings is 1. The van der Waals surface area contributed by atoms with Crippen LogP contribution in [0.4, 0.5) is 0 Å². The quantitative estimate of drug-likeness (QED) is 0.234. The number of hydrogen-bond acceptors (Lipinski definition) is 7. The largest absolute Gasteiger partial charge is 0.427 e. The molecule has 1 atom stereocenters. The Kier molecular flexibility index (Phi) is 10.2. The van der Waals surface area contributed by atoms with Crippen LogP contribution in [0.25, 0.3) is 10.9 Å². The van der Waals surface area contributed by atoms with Crippen LogP contribution in [0.5, 0.6) is 0 Å². The van der Waals surface area contributed by atoms with E-state index < -0.39 is 33.5 Å². The molecule has 0 spiro atoms. The molecule has 4 aromatic rings. The number of piperazine rings is 1. The van der Waals surface area contributed by atoms with Gasteiger partial charge in [-0.3, -0.25) is 14.6 Å². The van der Waals surface area contributed by atoms with Crippen molar-refractivity contribution < 1.29 is 22.4 Å². The Hall–Kier alpha value is -3.77. The number of amides is 2. The summed E-state index contributed by atoms with van der Waals surface area (Å²) in [7, 11) is -4.27. The third-order valence-corrected chi connectivity index (χ3v) is 10.2. The first-order valence-electron chi connectivity index (χ1n) is 14.6. The van der Waals surface area contributed by atoms with E-state index in [1.165, 1.54) is 29.3 Å². The Morgan fingerprint density at radius 2 is 1.84 bits per heavy atom. The van der Waals surface area contributed by atoms with Crippen LogP contribution >= 0.6 is 23.2 Å². The number of carbonyl (C=O) groups is 2. The van der Waals surface area contributed by atoms with Crippen molar-refractivity contribution >= 4 is 55.9 Å². The fraction of sp³-hybridized carbons (Fsp3) is 0.312. The van der Waals surface area contributed by atoms with Crippen molar-refractivity contribution in [3.8, 4) is 0 Å². The summed E-state index contributed by atoms with van der Waals surface area (Å²) in [5.74, 6) is -0.803. The number of carbonyl (C=O) groups excluding carboxylic acids is 2. The van der Waals surface area contributed by atoms with E-state index in [0.717, 1.165) is 23.6 Å². The fourth-order valence-corrected chi connectivity index (χ4v) is 7.51. The topological polar surface area (TPSA) is 130 Å². The van der Waals surface area contributed by atoms with Crippen LogP contribution in [-0.2, 0) is 27.8 Å². The maximum absolute atomic E-state index is 14.1. The van der Waals surface area contributed by atoms with E-state index in [2.05, 4.69) is 17.2 Å². The molecule has 10 nitrogen and oxygen atoms in total. The van der Waals surface area contributed by atoms with Crippen LogP contribution < -0.4 is 10.9 Å². The molecule has 1 fully saturated rings. The maximum atomic E-state index is 14.1. The summed E-state index contributed by atoms with van der Waals surface area (Å²) in [6.07, 6.45) is 4.93. The Morgan fingerprint density at radius 1 is 1.04 bits per heavy atom. The Morgan fingerprint density at radius 3 is 2.60 bits per heavy atom. The summed E-state index contributed by atoms with van der Waals surface area (Å²) in [5, 5.41) is 4.14. The van der Waals surface area contributed by atoms with Crippen LogP contribution in [0.2, 0.25) is 10.0 Å². The van der Waals surface area contributed by atoms with Gasteiger partial charge in [0.1, 0.15) is 22.3 Å². The third-order valence-electron chi connectivity index (χ3n) is 7.71. The zero-order valence-electron chi connectivity index (χ0n) is 24.5. The summed E-state index contributed by atoms with van der Waals surface area (Å²) in [5.41, 5.74) is -0.120. The van der Waals surface area contributed by atoms with Crippen molar-refractivity contribution in [2.75, 3.05) is 19.6 Å². The smallest absolute Gasteiger partial charge is 0.348 e. The molecule has 2 aromatic carbocycles. The molecule has 2 amide bonds. The average molecular weight is 672 g/mol. The van der Waals surface area contributed by atoms with Crippen molar-refractivity contribution in [2.24, 2.45) is 0 Å². The number of nitrogens with zero attached hydrogens (tertiary/aromatic N) is 3. The minimum Gasteiger partial charge on any atom is -0.427 e. The fourth-order valence-electron chi connectivity index (χ4n) is 5.29. The van der Waals surface area contributed by atoms with Crippen LogP contribution in [0, 0.1) is 0 Å². The van der Waals surface area contributed by atoms with Gasteiger partial charge >= 0.3 is 5.63 Å². The number of hydrogen-bond donors (Lipinski definition) is 1. The number of halogens is 2. The first kappa shape index (κ1) is 32.6. The average Bonchev–Trinajstić information content (AvgIpc) is 3.03. The van der Waals surface area contributed by atoms with E-state index in [-0.39, 0.29) is 42.2 Å². The molecule has 1 unspecified atom stereocenters. The predicted octanol–water partition coefficient (Wildman–Crippen LogP) is 5.06. The van der Waals surface area contributed by atoms with Crippen LogP contribution in [0.15, 0.2) is 81.0 Å². The molecule has 1 saturated heterocycles. The van der Waals surface area contributed by atoms with Gasteiger partial charge in [-0.15, -0.1) is 0 Å². The Balaban J connectivity index is 1.44. The van der Waals surface area contributed by atoms with Crippen molar-refractivity contribution in [1.82, 2.24) is 19.5 Å². The van der Waals surface area contributed by atoms with Gasteiger partial charge in [-0.05, 0) is 48.4 Å². The van der Waals surface area contributed by atoms with Gasteiger partial charge in [-0.2, -0.15) is 4.31 Å². The number of aryl methyl sites for hydroxylation is 1. The van der Waals surface area contributed by atoms with Crippen molar-refractivity contribution in [2.45, 2.75) is 50.1 Å². The molecule has 1 aliphatic rings. The summed E-state index contributed by atoms with van der Waals surface area (Å²) in [6, 6.07) is 14.8. The molecule has 1 N–H and O–H groups in total. The Labute approximate surface area is 271 Å². The number of aromatic nitrogens is 1. The van der Waals surface area contributed by atoms with Gasteiger partial charge in [0.2, 0.25) is 15.9 Å². The van der Waals surface area contributed by atoms with Crippen molar-refractivity contribution in [3.05, 3.63) is 104 Å². The highest BCUT2D eigenvalue weighted by molar-refractivity contribution is 7.89. The lowest BCUT2D eigenvalue weighted by Crippen LogP contribution is -2.61. The minimum absolute atomic E-state index is 0.00786. The standard InChI is InChI=1S/C32H32Cl2N4O6S/c1-2-3-4-9-24-13-14-25(32(41)44-24)31(40)37-16-17-38(45(42,43)28-10-5-7-21-8-6-15-35-29(21)28)27(20-37)30(39)36-19-22-11-12-23(33)18-26(22)34/h5-8,10-15,18,27H,2-4,9,16-17,19-20H2,1H3,(H,36,39). The van der Waals surface area contributed by atoms with Gasteiger partial charge in [0, 0.05) is 54.2 Å². The zero-order valence-corrected chi connectivity index (χ0v) is 26.9. The summed E-state index contributed by atoms with van der Waals surface area (Å²) >= 11 is 12.3. The van der Waals surface area contributed by atoms with Gasteiger partial charge in [0.05, 0.1) is 5.52 Å². The van der Waals surface area contributed by atoms with E-state index in [1.807, 2.05) is 0 Å². The van der Waals surface area contributed by atoms with Gasteiger partial charge in [0.25, 0.3) is 5.91 Å². The monoisotopic (exact) mass is 670 g/mol. The van der Waals surface area contributed by atoms with Crippen molar-refractivity contribution in [3.63, 3.8) is 0 Å². The molecule has 0 saturated carbocycles. The molecule has 0 bridgehead atoms. The molecule has 1 aliphatic heterocycles. The van der Waals surface area contributed by atoms with Gasteiger partial charge in [-0.1, -0.05) is 67.2 Å². The minimum atomic E-state index is -4.27. The highest BCUT2D eigenvalue weighted by Crippen LogP contribution is 2.28.